The SMILES string of the molecule is CN=C(NCCc1ccccc1OC)NCc1cc(C(=O)OC)c(C)o1. The van der Waals surface area contributed by atoms with E-state index in [1.54, 1.807) is 27.1 Å². The van der Waals surface area contributed by atoms with Crippen LogP contribution < -0.4 is 15.4 Å². The average molecular weight is 359 g/mol. The summed E-state index contributed by atoms with van der Waals surface area (Å²) in [5.41, 5.74) is 1.56. The summed E-state index contributed by atoms with van der Waals surface area (Å²) in [4.78, 5) is 15.8. The molecule has 0 saturated heterocycles. The van der Waals surface area contributed by atoms with Gasteiger partial charge in [0.15, 0.2) is 5.96 Å². The maximum Gasteiger partial charge on any atom is 0.341 e. The van der Waals surface area contributed by atoms with Crippen LogP contribution in [0.15, 0.2) is 39.7 Å². The zero-order valence-electron chi connectivity index (χ0n) is 15.6. The molecule has 0 aliphatic heterocycles. The fraction of sp³-hybridized carbons (Fsp3) is 0.368. The summed E-state index contributed by atoms with van der Waals surface area (Å²) >= 11 is 0. The Balaban J connectivity index is 1.85. The quantitative estimate of drug-likeness (QED) is 0.448. The van der Waals surface area contributed by atoms with Crippen LogP contribution in [0.3, 0.4) is 0 Å². The Hall–Kier alpha value is -2.96. The molecule has 2 rings (SSSR count). The van der Waals surface area contributed by atoms with Gasteiger partial charge in [-0.1, -0.05) is 18.2 Å². The van der Waals surface area contributed by atoms with Gasteiger partial charge in [0.25, 0.3) is 0 Å². The van der Waals surface area contributed by atoms with Crippen molar-refractivity contribution in [2.45, 2.75) is 19.9 Å². The molecule has 2 N–H and O–H groups in total. The molecule has 0 aliphatic carbocycles. The summed E-state index contributed by atoms with van der Waals surface area (Å²) in [6.45, 7) is 2.84. The number of aryl methyl sites for hydroxylation is 1. The molecule has 0 radical (unpaired) electrons. The molecule has 7 nitrogen and oxygen atoms in total. The van der Waals surface area contributed by atoms with Gasteiger partial charge in [-0.2, -0.15) is 0 Å². The highest BCUT2D eigenvalue weighted by Crippen LogP contribution is 2.17. The molecule has 26 heavy (non-hydrogen) atoms. The molecular formula is C19H25N3O4. The van der Waals surface area contributed by atoms with Crippen LogP contribution in [-0.2, 0) is 17.7 Å². The van der Waals surface area contributed by atoms with Crippen molar-refractivity contribution in [3.05, 3.63) is 53.0 Å². The van der Waals surface area contributed by atoms with Gasteiger partial charge in [-0.25, -0.2) is 4.79 Å². The third kappa shape index (κ3) is 5.02. The lowest BCUT2D eigenvalue weighted by Crippen LogP contribution is -2.37. The fourth-order valence-electron chi connectivity index (χ4n) is 2.56. The second kappa shape index (κ2) is 9.50. The van der Waals surface area contributed by atoms with E-state index in [2.05, 4.69) is 15.6 Å². The smallest absolute Gasteiger partial charge is 0.341 e. The van der Waals surface area contributed by atoms with E-state index >= 15 is 0 Å². The van der Waals surface area contributed by atoms with Crippen molar-refractivity contribution in [2.24, 2.45) is 4.99 Å². The van der Waals surface area contributed by atoms with Gasteiger partial charge in [-0.15, -0.1) is 0 Å². The summed E-state index contributed by atoms with van der Waals surface area (Å²) in [6, 6.07) is 9.60. The van der Waals surface area contributed by atoms with Crippen LogP contribution in [0.5, 0.6) is 5.75 Å². The molecule has 2 aromatic rings. The summed E-state index contributed by atoms with van der Waals surface area (Å²) in [6.07, 6.45) is 0.803. The van der Waals surface area contributed by atoms with Crippen LogP contribution >= 0.6 is 0 Å². The lowest BCUT2D eigenvalue weighted by atomic mass is 10.1. The number of methoxy groups -OCH3 is 2. The summed E-state index contributed by atoms with van der Waals surface area (Å²) in [7, 11) is 4.71. The van der Waals surface area contributed by atoms with Crippen LogP contribution in [0.4, 0.5) is 0 Å². The van der Waals surface area contributed by atoms with Crippen molar-refractivity contribution in [2.75, 3.05) is 27.8 Å². The number of hydrogen-bond acceptors (Lipinski definition) is 5. The number of ether oxygens (including phenoxy) is 2. The number of nitrogens with zero attached hydrogens (tertiary/aromatic N) is 1. The minimum absolute atomic E-state index is 0.406. The number of carbonyl (C=O) groups is 1. The number of benzene rings is 1. The standard InChI is InChI=1S/C19H25N3O4/c1-13-16(18(23)25-4)11-15(26-13)12-22-19(20-2)21-10-9-14-7-5-6-8-17(14)24-3/h5-8,11H,9-10,12H2,1-4H3,(H2,20,21,22). The Morgan fingerprint density at radius 1 is 1.23 bits per heavy atom. The Labute approximate surface area is 153 Å². The molecule has 0 unspecified atom stereocenters. The summed E-state index contributed by atoms with van der Waals surface area (Å²) in [5.74, 6) is 2.28. The number of esters is 1. The van der Waals surface area contributed by atoms with Gasteiger partial charge in [0.2, 0.25) is 0 Å². The zero-order chi connectivity index (χ0) is 18.9. The predicted molar refractivity (Wildman–Crippen MR) is 99.7 cm³/mol. The van der Waals surface area contributed by atoms with E-state index in [0.717, 1.165) is 17.7 Å². The Morgan fingerprint density at radius 2 is 2.00 bits per heavy atom. The number of rotatable bonds is 7. The molecule has 0 bridgehead atoms. The monoisotopic (exact) mass is 359 g/mol. The maximum atomic E-state index is 11.6. The van der Waals surface area contributed by atoms with Crippen molar-refractivity contribution in [3.63, 3.8) is 0 Å². The van der Waals surface area contributed by atoms with Gasteiger partial charge >= 0.3 is 5.97 Å². The first-order chi connectivity index (χ1) is 12.6. The van der Waals surface area contributed by atoms with E-state index in [0.29, 0.717) is 36.1 Å². The van der Waals surface area contributed by atoms with Crippen LogP contribution in [-0.4, -0.2) is 39.7 Å². The van der Waals surface area contributed by atoms with Crippen LogP contribution in [0.1, 0.15) is 27.4 Å². The van der Waals surface area contributed by atoms with E-state index < -0.39 is 5.97 Å². The third-order valence-corrected chi connectivity index (χ3v) is 3.91. The normalized spacial score (nSPS) is 11.2. The number of carbonyl (C=O) groups excluding carboxylic acids is 1. The lowest BCUT2D eigenvalue weighted by Gasteiger charge is -2.12. The van der Waals surface area contributed by atoms with E-state index in [4.69, 9.17) is 13.9 Å². The topological polar surface area (TPSA) is 85.1 Å². The molecule has 1 heterocycles. The van der Waals surface area contributed by atoms with Crippen molar-refractivity contribution in [1.82, 2.24) is 10.6 Å². The van der Waals surface area contributed by atoms with E-state index in [1.807, 2.05) is 24.3 Å². The molecule has 0 aliphatic rings. The van der Waals surface area contributed by atoms with E-state index in [9.17, 15) is 4.79 Å². The van der Waals surface area contributed by atoms with E-state index in [1.165, 1.54) is 7.11 Å². The Bertz CT molecular complexity index is 768. The Kier molecular flexibility index (Phi) is 7.08. The molecular weight excluding hydrogens is 334 g/mol. The maximum absolute atomic E-state index is 11.6. The molecule has 1 aromatic carbocycles. The molecule has 140 valence electrons. The fourth-order valence-corrected chi connectivity index (χ4v) is 2.56. The first kappa shape index (κ1) is 19.4. The van der Waals surface area contributed by atoms with Gasteiger partial charge in [0.05, 0.1) is 20.8 Å². The molecule has 0 saturated carbocycles. The van der Waals surface area contributed by atoms with Crippen LogP contribution in [0, 0.1) is 6.92 Å². The minimum Gasteiger partial charge on any atom is -0.496 e. The van der Waals surface area contributed by atoms with Gasteiger partial charge in [-0.05, 0) is 31.0 Å². The second-order valence-electron chi connectivity index (χ2n) is 5.59. The predicted octanol–water partition coefficient (Wildman–Crippen LogP) is 2.29. The highest BCUT2D eigenvalue weighted by molar-refractivity contribution is 5.90. The number of para-hydroxylation sites is 1. The molecule has 0 fully saturated rings. The van der Waals surface area contributed by atoms with Gasteiger partial charge in [0, 0.05) is 13.6 Å². The molecule has 1 aromatic heterocycles. The van der Waals surface area contributed by atoms with Crippen molar-refractivity contribution >= 4 is 11.9 Å². The molecule has 0 amide bonds. The molecule has 0 spiro atoms. The van der Waals surface area contributed by atoms with Crippen molar-refractivity contribution < 1.29 is 18.7 Å². The minimum atomic E-state index is -0.406. The lowest BCUT2D eigenvalue weighted by molar-refractivity contribution is 0.0599. The summed E-state index contributed by atoms with van der Waals surface area (Å²) < 4.78 is 15.7. The van der Waals surface area contributed by atoms with Crippen molar-refractivity contribution in [1.29, 1.82) is 0 Å². The number of nitrogens with one attached hydrogen (secondary N) is 2. The van der Waals surface area contributed by atoms with Gasteiger partial charge in [0.1, 0.15) is 22.8 Å². The highest BCUT2D eigenvalue weighted by atomic mass is 16.5. The highest BCUT2D eigenvalue weighted by Gasteiger charge is 2.15. The average Bonchev–Trinajstić information content (AvgIpc) is 3.04. The van der Waals surface area contributed by atoms with Crippen molar-refractivity contribution in [3.8, 4) is 5.75 Å². The zero-order valence-corrected chi connectivity index (χ0v) is 15.6. The van der Waals surface area contributed by atoms with Gasteiger partial charge in [-0.3, -0.25) is 4.99 Å². The number of hydrogen-bond donors (Lipinski definition) is 2. The van der Waals surface area contributed by atoms with E-state index in [-0.39, 0.29) is 0 Å². The van der Waals surface area contributed by atoms with Crippen LogP contribution in [0.2, 0.25) is 0 Å². The third-order valence-electron chi connectivity index (χ3n) is 3.91. The van der Waals surface area contributed by atoms with Crippen LogP contribution in [0.25, 0.3) is 0 Å². The second-order valence-corrected chi connectivity index (χ2v) is 5.59. The number of aliphatic imine (C=N–C) groups is 1. The van der Waals surface area contributed by atoms with Gasteiger partial charge < -0.3 is 24.5 Å². The first-order valence-electron chi connectivity index (χ1n) is 8.33. The first-order valence-corrected chi connectivity index (χ1v) is 8.33. The molecule has 7 heteroatoms. The molecule has 0 atom stereocenters. The Morgan fingerprint density at radius 3 is 2.69 bits per heavy atom. The number of guanidine groups is 1. The largest absolute Gasteiger partial charge is 0.496 e. The number of furan rings is 1. The summed E-state index contributed by atoms with van der Waals surface area (Å²) in [5, 5.41) is 6.40.